The number of methoxy groups -OCH3 is 2. The fourth-order valence-corrected chi connectivity index (χ4v) is 1.85. The summed E-state index contributed by atoms with van der Waals surface area (Å²) in [5.41, 5.74) is 0.684. The van der Waals surface area contributed by atoms with Crippen LogP contribution in [0.5, 0.6) is 5.88 Å². The topological polar surface area (TPSA) is 72.5 Å². The molecule has 1 aliphatic heterocycles. The molecule has 1 aromatic heterocycles. The number of amides is 1. The minimum absolute atomic E-state index is 0.0365. The summed E-state index contributed by atoms with van der Waals surface area (Å²) in [6, 6.07) is 3.22. The number of ether oxygens (including phenoxy) is 2. The summed E-state index contributed by atoms with van der Waals surface area (Å²) in [7, 11) is 3.21. The average Bonchev–Trinajstić information content (AvgIpc) is 2.39. The zero-order valence-corrected chi connectivity index (χ0v) is 10.5. The Kier molecular flexibility index (Phi) is 3.99. The molecule has 6 nitrogen and oxygen atoms in total. The van der Waals surface area contributed by atoms with Gasteiger partial charge in [-0.05, 0) is 18.9 Å². The fraction of sp³-hybridized carbons (Fsp3) is 0.500. The van der Waals surface area contributed by atoms with Crippen molar-refractivity contribution in [3.8, 4) is 5.88 Å². The minimum atomic E-state index is -0.271. The molecule has 0 aliphatic carbocycles. The van der Waals surface area contributed by atoms with E-state index in [1.165, 1.54) is 0 Å². The Bertz CT molecular complexity index is 437. The van der Waals surface area contributed by atoms with Gasteiger partial charge in [0, 0.05) is 19.8 Å². The molecule has 0 spiro atoms. The standard InChI is InChI=1S/C12H17N3O3/c1-17-7-3-4-9-12(16)14-8-5-6-10(18-2)15-11(8)13-9/h5-6,9H,3-4,7H2,1-2H3,(H,13,15)(H,14,16). The third-order valence-electron chi connectivity index (χ3n) is 2.81. The summed E-state index contributed by atoms with van der Waals surface area (Å²) in [5.74, 6) is 1.13. The molecule has 98 valence electrons. The van der Waals surface area contributed by atoms with E-state index in [4.69, 9.17) is 9.47 Å². The highest BCUT2D eigenvalue weighted by molar-refractivity contribution is 6.02. The molecular weight excluding hydrogens is 234 g/mol. The zero-order valence-electron chi connectivity index (χ0n) is 10.5. The molecule has 1 aromatic rings. The molecule has 0 saturated carbocycles. The smallest absolute Gasteiger partial charge is 0.247 e. The van der Waals surface area contributed by atoms with Gasteiger partial charge in [-0.3, -0.25) is 4.79 Å². The summed E-state index contributed by atoms with van der Waals surface area (Å²) < 4.78 is 10.0. The monoisotopic (exact) mass is 251 g/mol. The van der Waals surface area contributed by atoms with E-state index in [-0.39, 0.29) is 11.9 Å². The van der Waals surface area contributed by atoms with Crippen LogP contribution in [0, 0.1) is 0 Å². The molecular formula is C12H17N3O3. The SMILES string of the molecule is COCCCC1Nc2nc(OC)ccc2NC1=O. The van der Waals surface area contributed by atoms with E-state index in [0.29, 0.717) is 30.4 Å². The first-order chi connectivity index (χ1) is 8.74. The molecule has 0 bridgehead atoms. The van der Waals surface area contributed by atoms with Crippen molar-refractivity contribution in [1.29, 1.82) is 0 Å². The van der Waals surface area contributed by atoms with Crippen LogP contribution < -0.4 is 15.4 Å². The van der Waals surface area contributed by atoms with E-state index in [2.05, 4.69) is 15.6 Å². The van der Waals surface area contributed by atoms with E-state index in [9.17, 15) is 4.79 Å². The van der Waals surface area contributed by atoms with Crippen molar-refractivity contribution < 1.29 is 14.3 Å². The van der Waals surface area contributed by atoms with Crippen molar-refractivity contribution in [2.75, 3.05) is 31.5 Å². The van der Waals surface area contributed by atoms with Gasteiger partial charge in [-0.15, -0.1) is 0 Å². The van der Waals surface area contributed by atoms with Crippen molar-refractivity contribution in [2.45, 2.75) is 18.9 Å². The van der Waals surface area contributed by atoms with Crippen LogP contribution in [0.3, 0.4) is 0 Å². The number of anilines is 2. The summed E-state index contributed by atoms with van der Waals surface area (Å²) >= 11 is 0. The number of fused-ring (bicyclic) bond motifs is 1. The lowest BCUT2D eigenvalue weighted by molar-refractivity contribution is -0.117. The van der Waals surface area contributed by atoms with Crippen molar-refractivity contribution in [3.05, 3.63) is 12.1 Å². The van der Waals surface area contributed by atoms with Crippen LogP contribution in [-0.2, 0) is 9.53 Å². The van der Waals surface area contributed by atoms with Crippen LogP contribution in [0.15, 0.2) is 12.1 Å². The molecule has 2 heterocycles. The first-order valence-corrected chi connectivity index (χ1v) is 5.86. The molecule has 2 N–H and O–H groups in total. The number of hydrogen-bond acceptors (Lipinski definition) is 5. The Morgan fingerprint density at radius 1 is 1.39 bits per heavy atom. The van der Waals surface area contributed by atoms with Crippen LogP contribution >= 0.6 is 0 Å². The van der Waals surface area contributed by atoms with E-state index in [1.807, 2.05) is 0 Å². The van der Waals surface area contributed by atoms with Gasteiger partial charge in [0.15, 0.2) is 5.82 Å². The highest BCUT2D eigenvalue weighted by Crippen LogP contribution is 2.27. The first-order valence-electron chi connectivity index (χ1n) is 5.86. The van der Waals surface area contributed by atoms with Crippen molar-refractivity contribution >= 4 is 17.4 Å². The number of pyridine rings is 1. The van der Waals surface area contributed by atoms with Gasteiger partial charge in [0.1, 0.15) is 6.04 Å². The Hall–Kier alpha value is -1.82. The highest BCUT2D eigenvalue weighted by Gasteiger charge is 2.26. The predicted molar refractivity (Wildman–Crippen MR) is 67.9 cm³/mol. The average molecular weight is 251 g/mol. The van der Waals surface area contributed by atoms with Crippen LogP contribution in [0.1, 0.15) is 12.8 Å². The number of aromatic nitrogens is 1. The summed E-state index contributed by atoms with van der Waals surface area (Å²) in [6.07, 6.45) is 1.53. The van der Waals surface area contributed by atoms with Gasteiger partial charge in [-0.2, -0.15) is 4.98 Å². The quantitative estimate of drug-likeness (QED) is 0.770. The Labute approximate surface area is 106 Å². The van der Waals surface area contributed by atoms with Crippen LogP contribution in [-0.4, -0.2) is 37.8 Å². The van der Waals surface area contributed by atoms with Gasteiger partial charge in [-0.25, -0.2) is 0 Å². The van der Waals surface area contributed by atoms with Gasteiger partial charge in [-0.1, -0.05) is 0 Å². The van der Waals surface area contributed by atoms with Crippen molar-refractivity contribution in [3.63, 3.8) is 0 Å². The number of carbonyl (C=O) groups excluding carboxylic acids is 1. The van der Waals surface area contributed by atoms with Gasteiger partial charge in [0.05, 0.1) is 12.8 Å². The molecule has 1 amide bonds. The lowest BCUT2D eigenvalue weighted by Crippen LogP contribution is -2.39. The molecule has 18 heavy (non-hydrogen) atoms. The molecule has 0 fully saturated rings. The first kappa shape index (κ1) is 12.6. The molecule has 1 unspecified atom stereocenters. The number of nitrogens with one attached hydrogen (secondary N) is 2. The van der Waals surface area contributed by atoms with Gasteiger partial charge in [0.2, 0.25) is 11.8 Å². The van der Waals surface area contributed by atoms with Crippen LogP contribution in [0.4, 0.5) is 11.5 Å². The van der Waals surface area contributed by atoms with Gasteiger partial charge in [0.25, 0.3) is 0 Å². The lowest BCUT2D eigenvalue weighted by Gasteiger charge is -2.26. The molecule has 0 radical (unpaired) electrons. The second kappa shape index (κ2) is 5.68. The summed E-state index contributed by atoms with van der Waals surface area (Å²) in [4.78, 5) is 16.1. The van der Waals surface area contributed by atoms with Gasteiger partial charge >= 0.3 is 0 Å². The second-order valence-corrected chi connectivity index (χ2v) is 4.07. The van der Waals surface area contributed by atoms with E-state index < -0.39 is 0 Å². The maximum atomic E-state index is 11.8. The summed E-state index contributed by atoms with van der Waals surface area (Å²) in [5, 5.41) is 5.95. The number of hydrogen-bond donors (Lipinski definition) is 2. The van der Waals surface area contributed by atoms with Crippen LogP contribution in [0.25, 0.3) is 0 Å². The molecule has 2 rings (SSSR count). The minimum Gasteiger partial charge on any atom is -0.481 e. The van der Waals surface area contributed by atoms with Crippen molar-refractivity contribution in [2.24, 2.45) is 0 Å². The van der Waals surface area contributed by atoms with E-state index >= 15 is 0 Å². The second-order valence-electron chi connectivity index (χ2n) is 4.07. The Balaban J connectivity index is 2.07. The summed E-state index contributed by atoms with van der Waals surface area (Å²) in [6.45, 7) is 0.643. The largest absolute Gasteiger partial charge is 0.481 e. The lowest BCUT2D eigenvalue weighted by atomic mass is 10.1. The third kappa shape index (κ3) is 2.70. The molecule has 6 heteroatoms. The predicted octanol–water partition coefficient (Wildman–Crippen LogP) is 1.25. The van der Waals surface area contributed by atoms with E-state index in [0.717, 1.165) is 6.42 Å². The Morgan fingerprint density at radius 2 is 2.22 bits per heavy atom. The maximum Gasteiger partial charge on any atom is 0.247 e. The zero-order chi connectivity index (χ0) is 13.0. The molecule has 0 saturated heterocycles. The molecule has 0 aromatic carbocycles. The highest BCUT2D eigenvalue weighted by atomic mass is 16.5. The van der Waals surface area contributed by atoms with Gasteiger partial charge < -0.3 is 20.1 Å². The third-order valence-corrected chi connectivity index (χ3v) is 2.81. The maximum absolute atomic E-state index is 11.8. The number of nitrogens with zero attached hydrogens (tertiary/aromatic N) is 1. The number of rotatable bonds is 5. The van der Waals surface area contributed by atoms with Crippen molar-refractivity contribution in [1.82, 2.24) is 4.98 Å². The Morgan fingerprint density at radius 3 is 2.94 bits per heavy atom. The number of carbonyl (C=O) groups is 1. The molecule has 1 aliphatic rings. The fourth-order valence-electron chi connectivity index (χ4n) is 1.85. The van der Waals surface area contributed by atoms with E-state index in [1.54, 1.807) is 26.4 Å². The molecule has 1 atom stereocenters. The normalized spacial score (nSPS) is 17.7. The van der Waals surface area contributed by atoms with Crippen LogP contribution in [0.2, 0.25) is 0 Å².